The zero-order chi connectivity index (χ0) is 13.3. The Balaban J connectivity index is 2.18. The van der Waals surface area contributed by atoms with Gasteiger partial charge in [-0.15, -0.1) is 3.89 Å². The topological polar surface area (TPSA) is 67.3 Å². The molecule has 98 valence electrons. The molecular formula is C11H13FN2O3S. The summed E-state index contributed by atoms with van der Waals surface area (Å²) in [6, 6.07) is 3.57. The summed E-state index contributed by atoms with van der Waals surface area (Å²) in [7, 11) is -4.55. The van der Waals surface area contributed by atoms with Crippen molar-refractivity contribution in [2.75, 3.05) is 17.2 Å². The number of hydrogen-bond acceptors (Lipinski definition) is 4. The summed E-state index contributed by atoms with van der Waals surface area (Å²) < 4.78 is 33.8. The Bertz CT molecular complexity index is 573. The first-order valence-electron chi connectivity index (χ1n) is 5.51. The van der Waals surface area contributed by atoms with E-state index in [1.54, 1.807) is 12.3 Å². The molecule has 2 heterocycles. The van der Waals surface area contributed by atoms with Crippen LogP contribution in [-0.4, -0.2) is 31.6 Å². The van der Waals surface area contributed by atoms with Crippen molar-refractivity contribution < 1.29 is 17.1 Å². The second-order valence-electron chi connectivity index (χ2n) is 4.42. The van der Waals surface area contributed by atoms with E-state index >= 15 is 0 Å². The van der Waals surface area contributed by atoms with Crippen molar-refractivity contribution in [3.05, 3.63) is 23.9 Å². The number of anilines is 1. The van der Waals surface area contributed by atoms with Crippen LogP contribution >= 0.6 is 0 Å². The first-order chi connectivity index (χ1) is 8.37. The standard InChI is InChI=1S/C11H13FN2O3S/c1-8-3-2-4-13-11(8)14-6-9(5-10(14)15)7-18(12,16)17/h2-4,9H,5-7H2,1H3. The Morgan fingerprint density at radius 3 is 2.89 bits per heavy atom. The van der Waals surface area contributed by atoms with Crippen LogP contribution in [0.2, 0.25) is 0 Å². The average Bonchev–Trinajstić information content (AvgIpc) is 2.57. The number of aromatic nitrogens is 1. The van der Waals surface area contributed by atoms with Gasteiger partial charge in [-0.05, 0) is 18.6 Å². The molecule has 1 aromatic heterocycles. The summed E-state index contributed by atoms with van der Waals surface area (Å²) in [5.41, 5.74) is 0.828. The van der Waals surface area contributed by atoms with E-state index in [9.17, 15) is 17.1 Å². The van der Waals surface area contributed by atoms with Gasteiger partial charge in [0.05, 0.1) is 5.75 Å². The van der Waals surface area contributed by atoms with Gasteiger partial charge in [0.15, 0.2) is 0 Å². The van der Waals surface area contributed by atoms with Crippen molar-refractivity contribution in [2.24, 2.45) is 5.92 Å². The van der Waals surface area contributed by atoms with Crippen LogP contribution in [0.5, 0.6) is 0 Å². The number of pyridine rings is 1. The van der Waals surface area contributed by atoms with Crippen molar-refractivity contribution in [1.82, 2.24) is 4.98 Å². The van der Waals surface area contributed by atoms with Gasteiger partial charge >= 0.3 is 10.2 Å². The number of rotatable bonds is 3. The van der Waals surface area contributed by atoms with E-state index in [0.29, 0.717) is 5.82 Å². The first kappa shape index (κ1) is 12.9. The quantitative estimate of drug-likeness (QED) is 0.771. The molecule has 7 heteroatoms. The number of carbonyl (C=O) groups excluding carboxylic acids is 1. The molecule has 1 atom stereocenters. The van der Waals surface area contributed by atoms with Crippen LogP contribution in [0.3, 0.4) is 0 Å². The lowest BCUT2D eigenvalue weighted by Crippen LogP contribution is -2.27. The second-order valence-corrected chi connectivity index (χ2v) is 5.83. The van der Waals surface area contributed by atoms with Gasteiger partial charge in [-0.3, -0.25) is 9.69 Å². The third kappa shape index (κ3) is 2.84. The monoisotopic (exact) mass is 272 g/mol. The fraction of sp³-hybridized carbons (Fsp3) is 0.455. The molecule has 0 spiro atoms. The van der Waals surface area contributed by atoms with E-state index in [4.69, 9.17) is 0 Å². The maximum atomic E-state index is 12.6. The number of carbonyl (C=O) groups is 1. The molecule has 1 saturated heterocycles. The summed E-state index contributed by atoms with van der Waals surface area (Å²) >= 11 is 0. The van der Waals surface area contributed by atoms with Crippen molar-refractivity contribution in [1.29, 1.82) is 0 Å². The maximum Gasteiger partial charge on any atom is 0.302 e. The lowest BCUT2D eigenvalue weighted by atomic mass is 10.1. The minimum Gasteiger partial charge on any atom is -0.296 e. The third-order valence-corrected chi connectivity index (χ3v) is 3.75. The third-order valence-electron chi connectivity index (χ3n) is 2.88. The molecule has 1 amide bonds. The molecule has 18 heavy (non-hydrogen) atoms. The Morgan fingerprint density at radius 2 is 2.28 bits per heavy atom. The maximum absolute atomic E-state index is 12.6. The minimum absolute atomic E-state index is 0.0408. The molecular weight excluding hydrogens is 259 g/mol. The molecule has 1 aliphatic rings. The molecule has 0 N–H and O–H groups in total. The normalized spacial score (nSPS) is 20.4. The van der Waals surface area contributed by atoms with Crippen LogP contribution < -0.4 is 4.90 Å². The summed E-state index contributed by atoms with van der Waals surface area (Å²) in [6.07, 6.45) is 1.61. The number of amides is 1. The van der Waals surface area contributed by atoms with Crippen molar-refractivity contribution >= 4 is 21.9 Å². The molecule has 0 radical (unpaired) electrons. The van der Waals surface area contributed by atoms with Crippen LogP contribution in [0.1, 0.15) is 12.0 Å². The summed E-state index contributed by atoms with van der Waals surface area (Å²) in [5, 5.41) is 0. The molecule has 2 rings (SSSR count). The van der Waals surface area contributed by atoms with Gasteiger partial charge in [-0.25, -0.2) is 4.98 Å². The summed E-state index contributed by atoms with van der Waals surface area (Å²) in [4.78, 5) is 17.3. The van der Waals surface area contributed by atoms with Crippen LogP contribution in [0.25, 0.3) is 0 Å². The van der Waals surface area contributed by atoms with Gasteiger partial charge < -0.3 is 0 Å². The summed E-state index contributed by atoms with van der Waals surface area (Å²) in [5.74, 6) is -0.818. The van der Waals surface area contributed by atoms with Gasteiger partial charge in [-0.1, -0.05) is 6.07 Å². The smallest absolute Gasteiger partial charge is 0.296 e. The van der Waals surface area contributed by atoms with Gasteiger partial charge in [0.1, 0.15) is 5.82 Å². The Kier molecular flexibility index (Phi) is 3.34. The van der Waals surface area contributed by atoms with Crippen LogP contribution in [0.4, 0.5) is 9.70 Å². The highest BCUT2D eigenvalue weighted by molar-refractivity contribution is 7.86. The number of aryl methyl sites for hydroxylation is 1. The molecule has 1 aromatic rings. The lowest BCUT2D eigenvalue weighted by Gasteiger charge is -2.17. The average molecular weight is 272 g/mol. The van der Waals surface area contributed by atoms with Gasteiger partial charge in [-0.2, -0.15) is 8.42 Å². The Hall–Kier alpha value is -1.50. The predicted octanol–water partition coefficient (Wildman–Crippen LogP) is 1.04. The van der Waals surface area contributed by atoms with E-state index in [2.05, 4.69) is 4.98 Å². The van der Waals surface area contributed by atoms with Crippen LogP contribution in [-0.2, 0) is 15.0 Å². The van der Waals surface area contributed by atoms with E-state index in [0.717, 1.165) is 5.56 Å². The lowest BCUT2D eigenvalue weighted by molar-refractivity contribution is -0.117. The van der Waals surface area contributed by atoms with Gasteiger partial charge in [0, 0.05) is 25.1 Å². The zero-order valence-electron chi connectivity index (χ0n) is 9.84. The van der Waals surface area contributed by atoms with Crippen molar-refractivity contribution in [3.8, 4) is 0 Å². The number of hydrogen-bond donors (Lipinski definition) is 0. The van der Waals surface area contributed by atoms with Gasteiger partial charge in [0.25, 0.3) is 0 Å². The second kappa shape index (κ2) is 4.64. The summed E-state index contributed by atoms with van der Waals surface area (Å²) in [6.45, 7) is 2.01. The molecule has 0 aliphatic carbocycles. The fourth-order valence-electron chi connectivity index (χ4n) is 2.14. The largest absolute Gasteiger partial charge is 0.302 e. The molecule has 0 bridgehead atoms. The molecule has 1 fully saturated rings. The Labute approximate surface area is 105 Å². The molecule has 5 nitrogen and oxygen atoms in total. The molecule has 1 unspecified atom stereocenters. The molecule has 1 aliphatic heterocycles. The van der Waals surface area contributed by atoms with Gasteiger partial charge in [0.2, 0.25) is 5.91 Å². The van der Waals surface area contributed by atoms with Crippen LogP contribution in [0.15, 0.2) is 18.3 Å². The zero-order valence-corrected chi connectivity index (χ0v) is 10.7. The van der Waals surface area contributed by atoms with E-state index < -0.39 is 21.9 Å². The SMILES string of the molecule is Cc1cccnc1N1CC(CS(=O)(=O)F)CC1=O. The van der Waals surface area contributed by atoms with Crippen molar-refractivity contribution in [3.63, 3.8) is 0 Å². The van der Waals surface area contributed by atoms with E-state index in [-0.39, 0.29) is 18.9 Å². The highest BCUT2D eigenvalue weighted by Crippen LogP contribution is 2.26. The number of nitrogens with zero attached hydrogens (tertiary/aromatic N) is 2. The Morgan fingerprint density at radius 1 is 1.56 bits per heavy atom. The predicted molar refractivity (Wildman–Crippen MR) is 64.3 cm³/mol. The fourth-order valence-corrected chi connectivity index (χ4v) is 2.93. The highest BCUT2D eigenvalue weighted by atomic mass is 32.3. The minimum atomic E-state index is -4.55. The molecule has 0 aromatic carbocycles. The van der Waals surface area contributed by atoms with Crippen LogP contribution in [0, 0.1) is 12.8 Å². The van der Waals surface area contributed by atoms with Crippen molar-refractivity contribution in [2.45, 2.75) is 13.3 Å². The van der Waals surface area contributed by atoms with E-state index in [1.165, 1.54) is 4.90 Å². The molecule has 0 saturated carbocycles. The number of halogens is 1. The first-order valence-corrected chi connectivity index (χ1v) is 7.06. The highest BCUT2D eigenvalue weighted by Gasteiger charge is 2.34. The van der Waals surface area contributed by atoms with E-state index in [1.807, 2.05) is 13.0 Å².